The molecule has 5 nitrogen and oxygen atoms in total. The Bertz CT molecular complexity index is 827. The van der Waals surface area contributed by atoms with Crippen molar-refractivity contribution in [2.24, 2.45) is 5.92 Å². The number of sulfonamides is 1. The van der Waals surface area contributed by atoms with Crippen molar-refractivity contribution in [3.05, 3.63) is 41.8 Å². The second-order valence-corrected chi connectivity index (χ2v) is 9.76. The molecule has 0 atom stereocenters. The number of piperidine rings is 1. The van der Waals surface area contributed by atoms with Crippen LogP contribution in [0.5, 0.6) is 0 Å². The highest BCUT2D eigenvalue weighted by Gasteiger charge is 2.32. The molecular formula is C17H20N2O3S3. The molecule has 134 valence electrons. The van der Waals surface area contributed by atoms with E-state index in [1.807, 2.05) is 30.5 Å². The van der Waals surface area contributed by atoms with Crippen LogP contribution in [0.15, 0.2) is 50.9 Å². The molecule has 0 aliphatic carbocycles. The van der Waals surface area contributed by atoms with Gasteiger partial charge in [-0.1, -0.05) is 18.2 Å². The van der Waals surface area contributed by atoms with Crippen LogP contribution in [0.4, 0.5) is 5.69 Å². The third-order valence-corrected chi connectivity index (χ3v) is 8.35. The maximum Gasteiger partial charge on any atom is 0.252 e. The molecule has 1 fully saturated rings. The first-order valence-electron chi connectivity index (χ1n) is 8.00. The van der Waals surface area contributed by atoms with E-state index in [1.54, 1.807) is 29.3 Å². The van der Waals surface area contributed by atoms with Crippen molar-refractivity contribution in [2.45, 2.75) is 21.9 Å². The fourth-order valence-corrected chi connectivity index (χ4v) is 6.05. The van der Waals surface area contributed by atoms with Gasteiger partial charge in [-0.3, -0.25) is 4.79 Å². The highest BCUT2D eigenvalue weighted by atomic mass is 32.2. The minimum absolute atomic E-state index is 0.0327. The number of nitrogens with zero attached hydrogens (tertiary/aromatic N) is 1. The van der Waals surface area contributed by atoms with E-state index in [9.17, 15) is 13.2 Å². The van der Waals surface area contributed by atoms with Crippen LogP contribution in [0.3, 0.4) is 0 Å². The Morgan fingerprint density at radius 1 is 1.20 bits per heavy atom. The van der Waals surface area contributed by atoms with E-state index < -0.39 is 10.0 Å². The number of hydrogen-bond acceptors (Lipinski definition) is 5. The number of anilines is 1. The smallest absolute Gasteiger partial charge is 0.252 e. The highest BCUT2D eigenvalue weighted by molar-refractivity contribution is 7.98. The van der Waals surface area contributed by atoms with E-state index in [4.69, 9.17) is 0 Å². The van der Waals surface area contributed by atoms with Crippen LogP contribution in [0.2, 0.25) is 0 Å². The summed E-state index contributed by atoms with van der Waals surface area (Å²) in [6.45, 7) is 0.755. The maximum absolute atomic E-state index is 12.5. The number of hydrogen-bond donors (Lipinski definition) is 1. The SMILES string of the molecule is CSc1ccccc1NC(=O)C1CCN(S(=O)(=O)c2cccs2)CC1. The van der Waals surface area contributed by atoms with Crippen LogP contribution in [0.1, 0.15) is 12.8 Å². The van der Waals surface area contributed by atoms with Crippen molar-refractivity contribution in [1.29, 1.82) is 0 Å². The Balaban J connectivity index is 1.61. The summed E-state index contributed by atoms with van der Waals surface area (Å²) < 4.78 is 26.9. The molecule has 1 aliphatic rings. The lowest BCUT2D eigenvalue weighted by Gasteiger charge is -2.30. The zero-order valence-electron chi connectivity index (χ0n) is 13.8. The first kappa shape index (κ1) is 18.4. The average molecular weight is 397 g/mol. The number of thioether (sulfide) groups is 1. The summed E-state index contributed by atoms with van der Waals surface area (Å²) in [7, 11) is -3.42. The molecule has 0 bridgehead atoms. The fourth-order valence-electron chi connectivity index (χ4n) is 2.88. The quantitative estimate of drug-likeness (QED) is 0.786. The first-order valence-corrected chi connectivity index (χ1v) is 11.5. The summed E-state index contributed by atoms with van der Waals surface area (Å²) in [5.41, 5.74) is 0.814. The summed E-state index contributed by atoms with van der Waals surface area (Å²) in [5.74, 6) is -0.195. The topological polar surface area (TPSA) is 66.5 Å². The third-order valence-electron chi connectivity index (χ3n) is 4.28. The molecule has 0 saturated carbocycles. The number of carbonyl (C=O) groups excluding carboxylic acids is 1. The molecule has 3 rings (SSSR count). The van der Waals surface area contributed by atoms with Crippen LogP contribution >= 0.6 is 23.1 Å². The van der Waals surface area contributed by atoms with Crippen LogP contribution < -0.4 is 5.32 Å². The fraction of sp³-hybridized carbons (Fsp3) is 0.353. The van der Waals surface area contributed by atoms with Gasteiger partial charge in [0, 0.05) is 23.9 Å². The minimum Gasteiger partial charge on any atom is -0.325 e. The number of amides is 1. The van der Waals surface area contributed by atoms with Crippen molar-refractivity contribution in [2.75, 3.05) is 24.7 Å². The van der Waals surface area contributed by atoms with E-state index in [0.717, 1.165) is 10.6 Å². The van der Waals surface area contributed by atoms with E-state index >= 15 is 0 Å². The molecule has 2 aromatic rings. The monoisotopic (exact) mass is 396 g/mol. The average Bonchev–Trinajstić information content (AvgIpc) is 3.18. The number of carbonyl (C=O) groups is 1. The molecule has 1 aromatic carbocycles. The summed E-state index contributed by atoms with van der Waals surface area (Å²) in [5, 5.41) is 4.75. The second-order valence-electron chi connectivity index (χ2n) is 5.80. The molecule has 25 heavy (non-hydrogen) atoms. The van der Waals surface area contributed by atoms with Gasteiger partial charge >= 0.3 is 0 Å². The summed E-state index contributed by atoms with van der Waals surface area (Å²) in [4.78, 5) is 13.6. The normalized spacial score (nSPS) is 16.7. The van der Waals surface area contributed by atoms with Crippen molar-refractivity contribution in [3.8, 4) is 0 Å². The number of nitrogens with one attached hydrogen (secondary N) is 1. The predicted octanol–water partition coefficient (Wildman–Crippen LogP) is 3.51. The van der Waals surface area contributed by atoms with Gasteiger partial charge in [-0.25, -0.2) is 8.42 Å². The lowest BCUT2D eigenvalue weighted by atomic mass is 9.97. The van der Waals surface area contributed by atoms with Crippen LogP contribution in [-0.2, 0) is 14.8 Å². The largest absolute Gasteiger partial charge is 0.325 e. The van der Waals surface area contributed by atoms with E-state index in [2.05, 4.69) is 5.32 Å². The molecule has 1 aromatic heterocycles. The zero-order valence-corrected chi connectivity index (χ0v) is 16.3. The molecule has 0 unspecified atom stereocenters. The lowest BCUT2D eigenvalue weighted by molar-refractivity contribution is -0.120. The van der Waals surface area contributed by atoms with Gasteiger partial charge in [0.15, 0.2) is 0 Å². The number of benzene rings is 1. The molecule has 2 heterocycles. The second kappa shape index (κ2) is 7.90. The van der Waals surface area contributed by atoms with Crippen molar-refractivity contribution < 1.29 is 13.2 Å². The van der Waals surface area contributed by atoms with E-state index in [1.165, 1.54) is 15.6 Å². The Morgan fingerprint density at radius 2 is 1.92 bits per heavy atom. The summed E-state index contributed by atoms with van der Waals surface area (Å²) >= 11 is 2.81. The van der Waals surface area contributed by atoms with Crippen LogP contribution in [-0.4, -0.2) is 38.0 Å². The number of para-hydroxylation sites is 1. The van der Waals surface area contributed by atoms with Gasteiger partial charge in [0.1, 0.15) is 4.21 Å². The highest BCUT2D eigenvalue weighted by Crippen LogP contribution is 2.29. The summed E-state index contributed by atoms with van der Waals surface area (Å²) in [6.07, 6.45) is 3.05. The van der Waals surface area contributed by atoms with Gasteiger partial charge in [-0.05, 0) is 42.7 Å². The molecule has 1 saturated heterocycles. The molecule has 1 aliphatic heterocycles. The van der Waals surface area contributed by atoms with Crippen molar-refractivity contribution >= 4 is 44.7 Å². The van der Waals surface area contributed by atoms with Gasteiger partial charge in [-0.15, -0.1) is 23.1 Å². The van der Waals surface area contributed by atoms with E-state index in [0.29, 0.717) is 30.1 Å². The Labute approximate surface area is 156 Å². The van der Waals surface area contributed by atoms with Gasteiger partial charge in [0.25, 0.3) is 10.0 Å². The number of thiophene rings is 1. The predicted molar refractivity (Wildman–Crippen MR) is 103 cm³/mol. The zero-order chi connectivity index (χ0) is 17.9. The van der Waals surface area contributed by atoms with Gasteiger partial charge in [0.05, 0.1) is 5.69 Å². The van der Waals surface area contributed by atoms with Crippen LogP contribution in [0, 0.1) is 5.92 Å². The Kier molecular flexibility index (Phi) is 5.83. The first-order chi connectivity index (χ1) is 12.0. The van der Waals surface area contributed by atoms with E-state index in [-0.39, 0.29) is 11.8 Å². The lowest BCUT2D eigenvalue weighted by Crippen LogP contribution is -2.41. The molecule has 0 radical (unpaired) electrons. The molecular weight excluding hydrogens is 376 g/mol. The Hall–Kier alpha value is -1.35. The van der Waals surface area contributed by atoms with Crippen molar-refractivity contribution in [3.63, 3.8) is 0 Å². The number of rotatable bonds is 5. The molecule has 0 spiro atoms. The minimum atomic E-state index is -3.42. The van der Waals surface area contributed by atoms with Crippen LogP contribution in [0.25, 0.3) is 0 Å². The molecule has 8 heteroatoms. The third kappa shape index (κ3) is 4.08. The van der Waals surface area contributed by atoms with Gasteiger partial charge in [0.2, 0.25) is 5.91 Å². The maximum atomic E-state index is 12.5. The standard InChI is InChI=1S/C17H20N2O3S3/c1-23-15-6-3-2-5-14(15)18-17(20)13-8-10-19(11-9-13)25(21,22)16-7-4-12-24-16/h2-7,12-13H,8-11H2,1H3,(H,18,20). The summed E-state index contributed by atoms with van der Waals surface area (Å²) in [6, 6.07) is 11.1. The van der Waals surface area contributed by atoms with Gasteiger partial charge in [-0.2, -0.15) is 4.31 Å². The Morgan fingerprint density at radius 3 is 2.56 bits per heavy atom. The molecule has 1 amide bonds. The van der Waals surface area contributed by atoms with Crippen molar-refractivity contribution in [1.82, 2.24) is 4.31 Å². The van der Waals surface area contributed by atoms with Gasteiger partial charge < -0.3 is 5.32 Å². The molecule has 1 N–H and O–H groups in total.